The first-order valence-electron chi connectivity index (χ1n) is 4.91. The number of aromatic nitrogens is 4. The molecule has 0 radical (unpaired) electrons. The van der Waals surface area contributed by atoms with Crippen molar-refractivity contribution in [3.63, 3.8) is 0 Å². The Balaban J connectivity index is 2.30. The first-order chi connectivity index (χ1) is 7.42. The Kier molecular flexibility index (Phi) is 3.04. The number of hydrogen-bond donors (Lipinski definition) is 1. The first kappa shape index (κ1) is 9.79. The van der Waals surface area contributed by atoms with Gasteiger partial charge < -0.3 is 5.32 Å². The number of pyridine rings is 1. The zero-order chi connectivity index (χ0) is 10.5. The number of nitrogens with zero attached hydrogens (tertiary/aromatic N) is 4. The second-order valence-corrected chi connectivity index (χ2v) is 3.11. The van der Waals surface area contributed by atoms with E-state index in [1.165, 1.54) is 6.33 Å². The Labute approximate surface area is 88.2 Å². The summed E-state index contributed by atoms with van der Waals surface area (Å²) in [6.45, 7) is 3.80. The molecule has 2 rings (SSSR count). The van der Waals surface area contributed by atoms with E-state index in [0.29, 0.717) is 0 Å². The zero-order valence-corrected chi connectivity index (χ0v) is 8.59. The van der Waals surface area contributed by atoms with Gasteiger partial charge in [-0.25, -0.2) is 14.6 Å². The monoisotopic (exact) mass is 203 g/mol. The van der Waals surface area contributed by atoms with Crippen molar-refractivity contribution < 1.29 is 0 Å². The van der Waals surface area contributed by atoms with Gasteiger partial charge in [-0.05, 0) is 12.6 Å². The smallest absolute Gasteiger partial charge is 0.159 e. The molecule has 0 bridgehead atoms. The van der Waals surface area contributed by atoms with Crippen molar-refractivity contribution in [2.45, 2.75) is 13.5 Å². The van der Waals surface area contributed by atoms with Crippen LogP contribution >= 0.6 is 0 Å². The molecular formula is C10H13N5. The standard InChI is InChI=1S/C10H13N5/c1-2-11-6-9-4-3-5-13-10(9)15-8-12-7-14-15/h3-5,7-8,11H,2,6H2,1H3. The Morgan fingerprint density at radius 3 is 3.13 bits per heavy atom. The average Bonchev–Trinajstić information content (AvgIpc) is 2.80. The van der Waals surface area contributed by atoms with Crippen LogP contribution in [-0.2, 0) is 6.54 Å². The van der Waals surface area contributed by atoms with E-state index < -0.39 is 0 Å². The van der Waals surface area contributed by atoms with Gasteiger partial charge >= 0.3 is 0 Å². The molecule has 78 valence electrons. The molecule has 15 heavy (non-hydrogen) atoms. The third-order valence-corrected chi connectivity index (χ3v) is 2.07. The van der Waals surface area contributed by atoms with Gasteiger partial charge in [-0.15, -0.1) is 0 Å². The lowest BCUT2D eigenvalue weighted by Gasteiger charge is -2.07. The van der Waals surface area contributed by atoms with Gasteiger partial charge in [-0.2, -0.15) is 5.10 Å². The Hall–Kier alpha value is -1.75. The Morgan fingerprint density at radius 1 is 1.47 bits per heavy atom. The molecule has 2 aromatic rings. The minimum atomic E-state index is 0.791. The molecule has 0 aliphatic carbocycles. The lowest BCUT2D eigenvalue weighted by molar-refractivity contribution is 0.710. The summed E-state index contributed by atoms with van der Waals surface area (Å²) in [7, 11) is 0. The van der Waals surface area contributed by atoms with Crippen LogP contribution in [0.2, 0.25) is 0 Å². The van der Waals surface area contributed by atoms with E-state index >= 15 is 0 Å². The van der Waals surface area contributed by atoms with Crippen LogP contribution in [0.25, 0.3) is 5.82 Å². The van der Waals surface area contributed by atoms with Crippen molar-refractivity contribution in [1.29, 1.82) is 0 Å². The highest BCUT2D eigenvalue weighted by atomic mass is 15.3. The topological polar surface area (TPSA) is 55.6 Å². The van der Waals surface area contributed by atoms with Crippen LogP contribution < -0.4 is 5.32 Å². The fourth-order valence-electron chi connectivity index (χ4n) is 1.35. The van der Waals surface area contributed by atoms with Crippen LogP contribution in [0.4, 0.5) is 0 Å². The van der Waals surface area contributed by atoms with Crippen LogP contribution in [0.5, 0.6) is 0 Å². The summed E-state index contributed by atoms with van der Waals surface area (Å²) in [5.41, 5.74) is 1.12. The maximum Gasteiger partial charge on any atom is 0.159 e. The van der Waals surface area contributed by atoms with Gasteiger partial charge in [0, 0.05) is 18.3 Å². The molecule has 0 aliphatic rings. The summed E-state index contributed by atoms with van der Waals surface area (Å²) in [5.74, 6) is 0.830. The largest absolute Gasteiger partial charge is 0.313 e. The van der Waals surface area contributed by atoms with Crippen molar-refractivity contribution in [2.24, 2.45) is 0 Å². The number of nitrogens with one attached hydrogen (secondary N) is 1. The average molecular weight is 203 g/mol. The second kappa shape index (κ2) is 4.65. The predicted octanol–water partition coefficient (Wildman–Crippen LogP) is 0.772. The van der Waals surface area contributed by atoms with Crippen molar-refractivity contribution in [2.75, 3.05) is 6.54 Å². The molecule has 2 aromatic heterocycles. The summed E-state index contributed by atoms with van der Waals surface area (Å²) in [6, 6.07) is 3.96. The zero-order valence-electron chi connectivity index (χ0n) is 8.59. The van der Waals surface area contributed by atoms with E-state index in [9.17, 15) is 0 Å². The highest BCUT2D eigenvalue weighted by molar-refractivity contribution is 5.31. The molecule has 0 fully saturated rings. The van der Waals surface area contributed by atoms with Crippen LogP contribution in [0.1, 0.15) is 12.5 Å². The maximum absolute atomic E-state index is 4.29. The highest BCUT2D eigenvalue weighted by Gasteiger charge is 2.04. The van der Waals surface area contributed by atoms with Crippen molar-refractivity contribution in [3.05, 3.63) is 36.5 Å². The molecule has 0 aliphatic heterocycles. The first-order valence-corrected chi connectivity index (χ1v) is 4.91. The van der Waals surface area contributed by atoms with E-state index in [4.69, 9.17) is 0 Å². The molecule has 0 atom stereocenters. The Bertz CT molecular complexity index is 410. The summed E-state index contributed by atoms with van der Waals surface area (Å²) in [4.78, 5) is 8.21. The van der Waals surface area contributed by atoms with Crippen molar-refractivity contribution >= 4 is 0 Å². The number of hydrogen-bond acceptors (Lipinski definition) is 4. The SMILES string of the molecule is CCNCc1cccnc1-n1cncn1. The molecule has 2 heterocycles. The fourth-order valence-corrected chi connectivity index (χ4v) is 1.35. The second-order valence-electron chi connectivity index (χ2n) is 3.11. The highest BCUT2D eigenvalue weighted by Crippen LogP contribution is 2.08. The van der Waals surface area contributed by atoms with E-state index in [0.717, 1.165) is 24.5 Å². The van der Waals surface area contributed by atoms with Gasteiger partial charge in [-0.3, -0.25) is 0 Å². The molecule has 0 aromatic carbocycles. The molecular weight excluding hydrogens is 190 g/mol. The lowest BCUT2D eigenvalue weighted by Crippen LogP contribution is -2.14. The van der Waals surface area contributed by atoms with E-state index in [1.807, 2.05) is 12.1 Å². The summed E-state index contributed by atoms with van der Waals surface area (Å²) >= 11 is 0. The van der Waals surface area contributed by atoms with Gasteiger partial charge in [-0.1, -0.05) is 13.0 Å². The lowest BCUT2D eigenvalue weighted by atomic mass is 10.2. The van der Waals surface area contributed by atoms with Gasteiger partial charge in [0.1, 0.15) is 12.7 Å². The third-order valence-electron chi connectivity index (χ3n) is 2.07. The number of rotatable bonds is 4. The molecule has 1 N–H and O–H groups in total. The van der Waals surface area contributed by atoms with Crippen LogP contribution in [0.15, 0.2) is 31.0 Å². The van der Waals surface area contributed by atoms with Gasteiger partial charge in [0.05, 0.1) is 0 Å². The van der Waals surface area contributed by atoms with Crippen molar-refractivity contribution in [1.82, 2.24) is 25.1 Å². The molecule has 0 saturated heterocycles. The minimum Gasteiger partial charge on any atom is -0.313 e. The van der Waals surface area contributed by atoms with E-state index in [-0.39, 0.29) is 0 Å². The van der Waals surface area contributed by atoms with E-state index in [1.54, 1.807) is 17.2 Å². The normalized spacial score (nSPS) is 10.5. The predicted molar refractivity (Wildman–Crippen MR) is 56.5 cm³/mol. The molecule has 0 unspecified atom stereocenters. The third kappa shape index (κ3) is 2.19. The van der Waals surface area contributed by atoms with Crippen molar-refractivity contribution in [3.8, 4) is 5.82 Å². The maximum atomic E-state index is 4.29. The van der Waals surface area contributed by atoms with Crippen LogP contribution in [0, 0.1) is 0 Å². The Morgan fingerprint density at radius 2 is 2.40 bits per heavy atom. The van der Waals surface area contributed by atoms with Crippen LogP contribution in [-0.4, -0.2) is 26.3 Å². The minimum absolute atomic E-state index is 0.791. The molecule has 0 amide bonds. The summed E-state index contributed by atoms with van der Waals surface area (Å²) in [6.07, 6.45) is 4.91. The van der Waals surface area contributed by atoms with Gasteiger partial charge in [0.2, 0.25) is 0 Å². The van der Waals surface area contributed by atoms with Gasteiger partial charge in [0.25, 0.3) is 0 Å². The molecule has 0 saturated carbocycles. The fraction of sp³-hybridized carbons (Fsp3) is 0.300. The van der Waals surface area contributed by atoms with E-state index in [2.05, 4.69) is 27.3 Å². The molecule has 5 heteroatoms. The quantitative estimate of drug-likeness (QED) is 0.797. The van der Waals surface area contributed by atoms with Crippen LogP contribution in [0.3, 0.4) is 0 Å². The summed E-state index contributed by atoms with van der Waals surface area (Å²) < 4.78 is 1.67. The van der Waals surface area contributed by atoms with Gasteiger partial charge in [0.15, 0.2) is 5.82 Å². The summed E-state index contributed by atoms with van der Waals surface area (Å²) in [5, 5.41) is 7.34. The molecule has 0 spiro atoms. The molecule has 5 nitrogen and oxygen atoms in total.